The molecule has 18 heteroatoms. The first kappa shape index (κ1) is 38.6. The number of aromatic amines is 2. The molecule has 2 heterocycles. The summed E-state index contributed by atoms with van der Waals surface area (Å²) in [6.45, 7) is 1.67. The van der Waals surface area contributed by atoms with Crippen molar-refractivity contribution in [2.75, 3.05) is 49.1 Å². The maximum atomic E-state index is 14.4. The molecule has 4 N–H and O–H groups in total. The number of hydrogen-bond acceptors (Lipinski definition) is 11. The monoisotopic (exact) mass is 893 g/mol. The number of sulfonamides is 2. The van der Waals surface area contributed by atoms with E-state index in [-0.39, 0.29) is 45.3 Å². The van der Waals surface area contributed by atoms with E-state index in [0.29, 0.717) is 49.1 Å². The molecule has 1 aliphatic rings. The molecule has 14 nitrogen and oxygen atoms in total. The maximum Gasteiger partial charge on any atom is 0.323 e. The van der Waals surface area contributed by atoms with Gasteiger partial charge >= 0.3 is 5.69 Å². The van der Waals surface area contributed by atoms with Crippen molar-refractivity contribution >= 4 is 74.3 Å². The van der Waals surface area contributed by atoms with E-state index in [0.717, 1.165) is 18.5 Å². The van der Waals surface area contributed by atoms with Gasteiger partial charge in [-0.05, 0) is 85.6 Å². The minimum Gasteiger partial charge on any atom is -0.495 e. The van der Waals surface area contributed by atoms with Crippen LogP contribution in [0, 0.1) is 0 Å². The molecule has 1 unspecified atom stereocenters. The SMILES string of the molecule is COc1ccc(Br)cc1S(=O)(=O)N(c1ccc(N2CCC(NCC(O)COc3cccc4[nH]c(=O)[nH]c34)CC2)cc1)S(=O)(=O)c1cc(Br)ccc1OC. The van der Waals surface area contributed by atoms with E-state index in [1.54, 1.807) is 42.5 Å². The minimum atomic E-state index is -4.80. The molecular weight excluding hydrogens is 858 g/mol. The number of aromatic nitrogens is 2. The standard InChI is InChI=1S/C35H37Br2N5O9S2/c1-49-29-12-6-22(36)18-32(29)52(45,46)42(53(47,48)33-19-23(37)7-13-30(33)50-2)26-10-8-25(9-11-26)41-16-14-24(15-17-41)38-20-27(43)21-51-31-5-3-4-28-34(31)40-35(44)39-28/h3-13,18-19,24,27,38,43H,14-17,20-21H2,1-2H3,(H2,39,40,44). The van der Waals surface area contributed by atoms with Crippen molar-refractivity contribution in [1.29, 1.82) is 0 Å². The van der Waals surface area contributed by atoms with Gasteiger partial charge in [-0.2, -0.15) is 20.5 Å². The zero-order valence-corrected chi connectivity index (χ0v) is 33.4. The van der Waals surface area contributed by atoms with Gasteiger partial charge < -0.3 is 39.5 Å². The summed E-state index contributed by atoms with van der Waals surface area (Å²) >= 11 is 6.59. The highest BCUT2D eigenvalue weighted by Gasteiger charge is 2.40. The predicted molar refractivity (Wildman–Crippen MR) is 208 cm³/mol. The third-order valence-corrected chi connectivity index (χ3v) is 14.0. The summed E-state index contributed by atoms with van der Waals surface area (Å²) < 4.78 is 75.3. The molecule has 1 aliphatic heterocycles. The van der Waals surface area contributed by atoms with Crippen LogP contribution in [0.3, 0.4) is 0 Å². The zero-order chi connectivity index (χ0) is 37.9. The van der Waals surface area contributed by atoms with Gasteiger partial charge in [0.15, 0.2) is 0 Å². The Morgan fingerprint density at radius 3 is 2.00 bits per heavy atom. The highest BCUT2D eigenvalue weighted by molar-refractivity contribution is 9.10. The van der Waals surface area contributed by atoms with Gasteiger partial charge in [0.1, 0.15) is 45.3 Å². The number of piperidine rings is 1. The highest BCUT2D eigenvalue weighted by atomic mass is 79.9. The Morgan fingerprint density at radius 2 is 1.43 bits per heavy atom. The Labute approximate surface area is 323 Å². The first-order valence-electron chi connectivity index (χ1n) is 16.4. The summed E-state index contributed by atoms with van der Waals surface area (Å²) in [6, 6.07) is 20.3. The van der Waals surface area contributed by atoms with Crippen LogP contribution >= 0.6 is 31.9 Å². The van der Waals surface area contributed by atoms with Crippen molar-refractivity contribution in [1.82, 2.24) is 15.3 Å². The average molecular weight is 896 g/mol. The second kappa shape index (κ2) is 16.1. The fraction of sp³-hybridized carbons (Fsp3) is 0.286. The number of benzene rings is 4. The molecular formula is C35H37Br2N5O9S2. The molecule has 1 fully saturated rings. The number of hydrogen-bond donors (Lipinski definition) is 4. The third kappa shape index (κ3) is 8.37. The topological polar surface area (TPSA) is 183 Å². The molecule has 4 aromatic carbocycles. The van der Waals surface area contributed by atoms with Gasteiger partial charge in [0.2, 0.25) is 0 Å². The maximum absolute atomic E-state index is 14.4. The fourth-order valence-corrected chi connectivity index (χ4v) is 11.2. The van der Waals surface area contributed by atoms with E-state index >= 15 is 0 Å². The van der Waals surface area contributed by atoms with Crippen LogP contribution < -0.4 is 33.8 Å². The second-order valence-electron chi connectivity index (χ2n) is 12.2. The van der Waals surface area contributed by atoms with Crippen LogP contribution in [0.25, 0.3) is 11.0 Å². The molecule has 5 aromatic rings. The molecule has 1 saturated heterocycles. The van der Waals surface area contributed by atoms with Crippen LogP contribution in [-0.2, 0) is 20.0 Å². The fourth-order valence-electron chi connectivity index (χ4n) is 6.12. The number of anilines is 2. The smallest absolute Gasteiger partial charge is 0.323 e. The molecule has 0 amide bonds. The highest BCUT2D eigenvalue weighted by Crippen LogP contribution is 2.39. The molecule has 0 bridgehead atoms. The lowest BCUT2D eigenvalue weighted by molar-refractivity contribution is 0.103. The largest absolute Gasteiger partial charge is 0.495 e. The number of para-hydroxylation sites is 1. The molecule has 6 rings (SSSR count). The van der Waals surface area contributed by atoms with Gasteiger partial charge in [-0.1, -0.05) is 37.9 Å². The second-order valence-corrected chi connectivity index (χ2v) is 17.8. The summed E-state index contributed by atoms with van der Waals surface area (Å²) in [5.41, 5.74) is 1.51. The van der Waals surface area contributed by atoms with Crippen molar-refractivity contribution in [2.45, 2.75) is 34.8 Å². The molecule has 53 heavy (non-hydrogen) atoms. The number of aliphatic hydroxyl groups excluding tert-OH is 1. The van der Waals surface area contributed by atoms with Crippen LogP contribution in [0.5, 0.6) is 17.2 Å². The summed E-state index contributed by atoms with van der Waals surface area (Å²) in [5, 5.41) is 14.0. The van der Waals surface area contributed by atoms with Gasteiger partial charge in [0.25, 0.3) is 20.0 Å². The van der Waals surface area contributed by atoms with Crippen molar-refractivity contribution in [3.63, 3.8) is 0 Å². The Bertz CT molecular complexity index is 2280. The number of ether oxygens (including phenoxy) is 3. The van der Waals surface area contributed by atoms with Crippen LogP contribution in [0.2, 0.25) is 0 Å². The van der Waals surface area contributed by atoms with Crippen LogP contribution in [-0.4, -0.2) is 84.5 Å². The molecule has 0 spiro atoms. The Hall–Kier alpha value is -4.07. The van der Waals surface area contributed by atoms with E-state index in [2.05, 4.69) is 52.0 Å². The van der Waals surface area contributed by atoms with Crippen LogP contribution in [0.4, 0.5) is 11.4 Å². The first-order chi connectivity index (χ1) is 25.3. The van der Waals surface area contributed by atoms with Crippen molar-refractivity contribution < 1.29 is 36.2 Å². The number of nitrogens with zero attached hydrogens (tertiary/aromatic N) is 2. The lowest BCUT2D eigenvalue weighted by atomic mass is 10.0. The quantitative estimate of drug-likeness (QED) is 0.118. The van der Waals surface area contributed by atoms with E-state index in [1.165, 1.54) is 50.6 Å². The molecule has 0 aliphatic carbocycles. The van der Waals surface area contributed by atoms with Crippen LogP contribution in [0.1, 0.15) is 12.8 Å². The molecule has 0 radical (unpaired) electrons. The Balaban J connectivity index is 1.16. The van der Waals surface area contributed by atoms with Gasteiger partial charge in [0, 0.05) is 40.3 Å². The van der Waals surface area contributed by atoms with Crippen molar-refractivity contribution in [2.24, 2.45) is 0 Å². The lowest BCUT2D eigenvalue weighted by Gasteiger charge is -2.34. The molecule has 1 aromatic heterocycles. The molecule has 1 atom stereocenters. The van der Waals surface area contributed by atoms with E-state index in [4.69, 9.17) is 14.2 Å². The predicted octanol–water partition coefficient (Wildman–Crippen LogP) is 4.98. The van der Waals surface area contributed by atoms with Gasteiger partial charge in [-0.3, -0.25) is 0 Å². The third-order valence-electron chi connectivity index (χ3n) is 8.75. The van der Waals surface area contributed by atoms with Gasteiger partial charge in [-0.25, -0.2) is 4.79 Å². The average Bonchev–Trinajstić information content (AvgIpc) is 3.54. The first-order valence-corrected chi connectivity index (χ1v) is 20.9. The van der Waals surface area contributed by atoms with Crippen molar-refractivity contribution in [3.8, 4) is 17.2 Å². The summed E-state index contributed by atoms with van der Waals surface area (Å²) in [7, 11) is -6.98. The minimum absolute atomic E-state index is 0.0327. The summed E-state index contributed by atoms with van der Waals surface area (Å²) in [5.74, 6) is 0.405. The number of halogens is 2. The van der Waals surface area contributed by atoms with Gasteiger partial charge in [0.05, 0.1) is 25.4 Å². The number of rotatable bonds is 14. The number of methoxy groups -OCH3 is 2. The Morgan fingerprint density at radius 1 is 0.849 bits per heavy atom. The van der Waals surface area contributed by atoms with E-state index < -0.39 is 26.2 Å². The normalized spacial score (nSPS) is 14.6. The number of fused-ring (bicyclic) bond motifs is 1. The molecule has 0 saturated carbocycles. The molecule has 282 valence electrons. The lowest BCUT2D eigenvalue weighted by Crippen LogP contribution is -2.45. The number of nitrogens with one attached hydrogen (secondary N) is 3. The number of H-pyrrole nitrogens is 2. The summed E-state index contributed by atoms with van der Waals surface area (Å²) in [4.78, 5) is 18.5. The Kier molecular flexibility index (Phi) is 11.8. The van der Waals surface area contributed by atoms with Crippen LogP contribution in [0.15, 0.2) is 102 Å². The van der Waals surface area contributed by atoms with Crippen molar-refractivity contribution in [3.05, 3.63) is 98.3 Å². The number of imidazole rings is 1. The van der Waals surface area contributed by atoms with E-state index in [9.17, 15) is 26.7 Å². The number of aliphatic hydroxyl groups is 1. The van der Waals surface area contributed by atoms with E-state index in [1.807, 2.05) is 0 Å². The van der Waals surface area contributed by atoms with Gasteiger partial charge in [-0.15, -0.1) is 0 Å². The summed E-state index contributed by atoms with van der Waals surface area (Å²) in [6.07, 6.45) is 0.741. The zero-order valence-electron chi connectivity index (χ0n) is 28.6.